The van der Waals surface area contributed by atoms with Crippen molar-refractivity contribution in [2.24, 2.45) is 5.92 Å². The molecule has 4 heteroatoms. The van der Waals surface area contributed by atoms with E-state index in [2.05, 4.69) is 0 Å². The standard InChI is InChI=1S/C10H20N2O2/c1-8(13)9-4-5-12(6-9)10(14)7-11(2)3/h8-9,13H,4-7H2,1-3H3. The molecular formula is C10H20N2O2. The van der Waals surface area contributed by atoms with Gasteiger partial charge in [0.05, 0.1) is 12.6 Å². The topological polar surface area (TPSA) is 43.8 Å². The van der Waals surface area contributed by atoms with E-state index < -0.39 is 0 Å². The summed E-state index contributed by atoms with van der Waals surface area (Å²) in [4.78, 5) is 15.3. The molecule has 0 radical (unpaired) electrons. The fraction of sp³-hybridized carbons (Fsp3) is 0.900. The van der Waals surface area contributed by atoms with Crippen molar-refractivity contribution in [3.8, 4) is 0 Å². The lowest BCUT2D eigenvalue weighted by atomic mass is 10.0. The van der Waals surface area contributed by atoms with E-state index in [0.29, 0.717) is 13.1 Å². The number of hydrogen-bond acceptors (Lipinski definition) is 3. The van der Waals surface area contributed by atoms with Gasteiger partial charge in [0, 0.05) is 19.0 Å². The molecule has 82 valence electrons. The van der Waals surface area contributed by atoms with Gasteiger partial charge in [-0.25, -0.2) is 0 Å². The first kappa shape index (κ1) is 11.5. The third-order valence-electron chi connectivity index (χ3n) is 2.71. The van der Waals surface area contributed by atoms with Crippen LogP contribution in [0.15, 0.2) is 0 Å². The highest BCUT2D eigenvalue weighted by atomic mass is 16.3. The lowest BCUT2D eigenvalue weighted by Gasteiger charge is -2.19. The molecule has 0 aliphatic carbocycles. The van der Waals surface area contributed by atoms with E-state index in [-0.39, 0.29) is 17.9 Å². The number of aliphatic hydroxyl groups excluding tert-OH is 1. The number of aliphatic hydroxyl groups is 1. The van der Waals surface area contributed by atoms with Crippen molar-refractivity contribution in [2.45, 2.75) is 19.4 Å². The fourth-order valence-electron chi connectivity index (χ4n) is 1.78. The molecule has 1 rings (SSSR count). The van der Waals surface area contributed by atoms with Gasteiger partial charge in [0.15, 0.2) is 0 Å². The van der Waals surface area contributed by atoms with Crippen LogP contribution in [0.1, 0.15) is 13.3 Å². The van der Waals surface area contributed by atoms with Crippen LogP contribution in [0.5, 0.6) is 0 Å². The van der Waals surface area contributed by atoms with Gasteiger partial charge in [-0.2, -0.15) is 0 Å². The van der Waals surface area contributed by atoms with Crippen molar-refractivity contribution in [3.05, 3.63) is 0 Å². The molecule has 4 nitrogen and oxygen atoms in total. The molecular weight excluding hydrogens is 180 g/mol. The second-order valence-electron chi connectivity index (χ2n) is 4.37. The quantitative estimate of drug-likeness (QED) is 0.685. The Hall–Kier alpha value is -0.610. The highest BCUT2D eigenvalue weighted by molar-refractivity contribution is 5.78. The van der Waals surface area contributed by atoms with Crippen molar-refractivity contribution in [3.63, 3.8) is 0 Å². The summed E-state index contributed by atoms with van der Waals surface area (Å²) in [7, 11) is 3.78. The van der Waals surface area contributed by atoms with E-state index in [1.165, 1.54) is 0 Å². The summed E-state index contributed by atoms with van der Waals surface area (Å²) >= 11 is 0. The molecule has 1 aliphatic rings. The molecule has 0 aromatic rings. The third kappa shape index (κ3) is 2.96. The zero-order valence-electron chi connectivity index (χ0n) is 9.23. The van der Waals surface area contributed by atoms with Crippen molar-refractivity contribution in [1.82, 2.24) is 9.80 Å². The van der Waals surface area contributed by atoms with Gasteiger partial charge < -0.3 is 14.9 Å². The lowest BCUT2D eigenvalue weighted by molar-refractivity contribution is -0.131. The molecule has 1 N–H and O–H groups in total. The average Bonchev–Trinajstić information content (AvgIpc) is 2.50. The molecule has 0 aromatic heterocycles. The van der Waals surface area contributed by atoms with Crippen LogP contribution in [-0.4, -0.2) is 60.6 Å². The Balaban J connectivity index is 2.38. The van der Waals surface area contributed by atoms with Crippen molar-refractivity contribution in [1.29, 1.82) is 0 Å². The number of rotatable bonds is 3. The number of amides is 1. The highest BCUT2D eigenvalue weighted by Gasteiger charge is 2.28. The Labute approximate surface area is 85.5 Å². The van der Waals surface area contributed by atoms with Crippen LogP contribution in [0.2, 0.25) is 0 Å². The van der Waals surface area contributed by atoms with Gasteiger partial charge in [0.1, 0.15) is 0 Å². The highest BCUT2D eigenvalue weighted by Crippen LogP contribution is 2.19. The second kappa shape index (κ2) is 4.75. The number of likely N-dealkylation sites (tertiary alicyclic amines) is 1. The minimum atomic E-state index is -0.299. The van der Waals surface area contributed by atoms with Crippen LogP contribution in [0.3, 0.4) is 0 Å². The first-order valence-electron chi connectivity index (χ1n) is 5.11. The fourth-order valence-corrected chi connectivity index (χ4v) is 1.78. The van der Waals surface area contributed by atoms with Gasteiger partial charge in [-0.1, -0.05) is 0 Å². The van der Waals surface area contributed by atoms with Gasteiger partial charge in [-0.05, 0) is 27.4 Å². The van der Waals surface area contributed by atoms with E-state index in [9.17, 15) is 9.90 Å². The Morgan fingerprint density at radius 2 is 2.29 bits per heavy atom. The predicted octanol–water partition coefficient (Wildman–Crippen LogP) is -0.223. The molecule has 2 unspecified atom stereocenters. The van der Waals surface area contributed by atoms with Crippen molar-refractivity contribution in [2.75, 3.05) is 33.7 Å². The van der Waals surface area contributed by atoms with Crippen LogP contribution in [0.4, 0.5) is 0 Å². The van der Waals surface area contributed by atoms with E-state index in [0.717, 1.165) is 13.0 Å². The molecule has 1 fully saturated rings. The molecule has 2 atom stereocenters. The minimum absolute atomic E-state index is 0.165. The smallest absolute Gasteiger partial charge is 0.236 e. The Kier molecular flexibility index (Phi) is 3.89. The zero-order valence-corrected chi connectivity index (χ0v) is 9.23. The maximum atomic E-state index is 11.6. The van der Waals surface area contributed by atoms with E-state index in [1.54, 1.807) is 6.92 Å². The van der Waals surface area contributed by atoms with Crippen LogP contribution < -0.4 is 0 Å². The van der Waals surface area contributed by atoms with Crippen LogP contribution in [-0.2, 0) is 4.79 Å². The summed E-state index contributed by atoms with van der Waals surface area (Å²) in [5.41, 5.74) is 0. The monoisotopic (exact) mass is 200 g/mol. The molecule has 1 aliphatic heterocycles. The minimum Gasteiger partial charge on any atom is -0.393 e. The number of carbonyl (C=O) groups is 1. The normalized spacial score (nSPS) is 24.4. The third-order valence-corrected chi connectivity index (χ3v) is 2.71. The van der Waals surface area contributed by atoms with Gasteiger partial charge >= 0.3 is 0 Å². The number of nitrogens with zero attached hydrogens (tertiary/aromatic N) is 2. The van der Waals surface area contributed by atoms with E-state index in [1.807, 2.05) is 23.9 Å². The van der Waals surface area contributed by atoms with Gasteiger partial charge in [0.2, 0.25) is 5.91 Å². The van der Waals surface area contributed by atoms with Crippen molar-refractivity contribution < 1.29 is 9.90 Å². The maximum absolute atomic E-state index is 11.6. The number of hydrogen-bond donors (Lipinski definition) is 1. The summed E-state index contributed by atoms with van der Waals surface area (Å²) in [6.07, 6.45) is 0.628. The molecule has 0 aromatic carbocycles. The summed E-state index contributed by atoms with van der Waals surface area (Å²) in [6, 6.07) is 0. The summed E-state index contributed by atoms with van der Waals surface area (Å²) in [5.74, 6) is 0.430. The lowest BCUT2D eigenvalue weighted by Crippen LogP contribution is -2.36. The molecule has 0 bridgehead atoms. The number of carbonyl (C=O) groups excluding carboxylic acids is 1. The van der Waals surface area contributed by atoms with E-state index >= 15 is 0 Å². The molecule has 0 saturated carbocycles. The SMILES string of the molecule is CC(O)C1CCN(C(=O)CN(C)C)C1. The van der Waals surface area contributed by atoms with Gasteiger partial charge in [-0.3, -0.25) is 4.79 Å². The summed E-state index contributed by atoms with van der Waals surface area (Å²) in [5, 5.41) is 9.39. The Morgan fingerprint density at radius 3 is 2.71 bits per heavy atom. The maximum Gasteiger partial charge on any atom is 0.236 e. The number of likely N-dealkylation sites (N-methyl/N-ethyl adjacent to an activating group) is 1. The first-order chi connectivity index (χ1) is 6.50. The molecule has 1 heterocycles. The summed E-state index contributed by atoms with van der Waals surface area (Å²) in [6.45, 7) is 3.77. The molecule has 1 saturated heterocycles. The summed E-state index contributed by atoms with van der Waals surface area (Å²) < 4.78 is 0. The predicted molar refractivity (Wildman–Crippen MR) is 54.9 cm³/mol. The van der Waals surface area contributed by atoms with E-state index in [4.69, 9.17) is 0 Å². The largest absolute Gasteiger partial charge is 0.393 e. The molecule has 0 spiro atoms. The van der Waals surface area contributed by atoms with Gasteiger partial charge in [0.25, 0.3) is 0 Å². The van der Waals surface area contributed by atoms with Crippen molar-refractivity contribution >= 4 is 5.91 Å². The zero-order chi connectivity index (χ0) is 10.7. The van der Waals surface area contributed by atoms with Gasteiger partial charge in [-0.15, -0.1) is 0 Å². The van der Waals surface area contributed by atoms with Crippen LogP contribution in [0, 0.1) is 5.92 Å². The van der Waals surface area contributed by atoms with Crippen LogP contribution in [0.25, 0.3) is 0 Å². The first-order valence-corrected chi connectivity index (χ1v) is 5.11. The molecule has 14 heavy (non-hydrogen) atoms. The van der Waals surface area contributed by atoms with Crippen LogP contribution >= 0.6 is 0 Å². The molecule has 1 amide bonds. The second-order valence-corrected chi connectivity index (χ2v) is 4.37. The Bertz CT molecular complexity index is 204. The average molecular weight is 200 g/mol. The Morgan fingerprint density at radius 1 is 1.64 bits per heavy atom.